The first-order valence-electron chi connectivity index (χ1n) is 3.03. The van der Waals surface area contributed by atoms with Crippen LogP contribution in [0.15, 0.2) is 31.9 Å². The van der Waals surface area contributed by atoms with Gasteiger partial charge in [0.25, 0.3) is 6.33 Å². The lowest BCUT2D eigenvalue weighted by atomic mass is 10.6. The molecular weight excluding hydrogens is 126 g/mol. The highest BCUT2D eigenvalue weighted by Gasteiger charge is 1.97. The summed E-state index contributed by atoms with van der Waals surface area (Å²) in [5, 5.41) is 3.97. The lowest BCUT2D eigenvalue weighted by Crippen LogP contribution is -2.29. The predicted octanol–water partition coefficient (Wildman–Crippen LogP) is 0.457. The van der Waals surface area contributed by atoms with Crippen LogP contribution in [0.2, 0.25) is 0 Å². The van der Waals surface area contributed by atoms with Gasteiger partial charge in [-0.15, -0.1) is 0 Å². The molecule has 0 fully saturated rings. The maximum atomic E-state index is 3.97. The van der Waals surface area contributed by atoms with Crippen molar-refractivity contribution in [1.29, 1.82) is 0 Å². The van der Waals surface area contributed by atoms with E-state index in [-0.39, 0.29) is 0 Å². The third-order valence-corrected chi connectivity index (χ3v) is 1.13. The molecule has 0 amide bonds. The average molecular weight is 136 g/mol. The molecule has 10 heavy (non-hydrogen) atoms. The summed E-state index contributed by atoms with van der Waals surface area (Å²) in [6.07, 6.45) is 7.02. The van der Waals surface area contributed by atoms with Crippen molar-refractivity contribution in [3.05, 3.63) is 31.9 Å². The van der Waals surface area contributed by atoms with Crippen LogP contribution in [-0.2, 0) is 6.54 Å². The van der Waals surface area contributed by atoms with Crippen molar-refractivity contribution in [2.75, 3.05) is 0 Å². The minimum absolute atomic E-state index is 0.786. The molecule has 0 unspecified atom stereocenters. The Labute approximate surface area is 59.9 Å². The highest BCUT2D eigenvalue weighted by atomic mass is 15.3. The zero-order valence-corrected chi connectivity index (χ0v) is 5.77. The van der Waals surface area contributed by atoms with Crippen molar-refractivity contribution in [2.45, 2.75) is 6.54 Å². The fourth-order valence-corrected chi connectivity index (χ4v) is 0.675. The van der Waals surface area contributed by atoms with E-state index >= 15 is 0 Å². The van der Waals surface area contributed by atoms with Crippen LogP contribution in [0.5, 0.6) is 0 Å². The van der Waals surface area contributed by atoms with E-state index in [4.69, 9.17) is 0 Å². The summed E-state index contributed by atoms with van der Waals surface area (Å²) in [6, 6.07) is 0. The smallest absolute Gasteiger partial charge is 0.233 e. The lowest BCUT2D eigenvalue weighted by Gasteiger charge is -1.82. The fraction of sp³-hybridized carbons (Fsp3) is 0.143. The Morgan fingerprint density at radius 1 is 1.60 bits per heavy atom. The minimum atomic E-state index is 0.786. The Bertz CT molecular complexity index is 237. The first-order chi connectivity index (χ1) is 4.86. The Morgan fingerprint density at radius 2 is 2.40 bits per heavy atom. The number of hydrogen-bond acceptors (Lipinski definition) is 1. The minimum Gasteiger partial charge on any atom is -0.233 e. The second kappa shape index (κ2) is 2.96. The van der Waals surface area contributed by atoms with E-state index < -0.39 is 0 Å². The summed E-state index contributed by atoms with van der Waals surface area (Å²) in [4.78, 5) is 0. The summed E-state index contributed by atoms with van der Waals surface area (Å²) in [7, 11) is 0. The first kappa shape index (κ1) is 6.74. The molecule has 3 heteroatoms. The van der Waals surface area contributed by atoms with Gasteiger partial charge in [0.2, 0.25) is 6.33 Å². The summed E-state index contributed by atoms with van der Waals surface area (Å²) >= 11 is 0. The van der Waals surface area contributed by atoms with E-state index in [0.29, 0.717) is 0 Å². The quantitative estimate of drug-likeness (QED) is 0.437. The number of hydrogen-bond donors (Lipinski definition) is 0. The van der Waals surface area contributed by atoms with Crippen LogP contribution in [0.4, 0.5) is 0 Å². The molecule has 0 spiro atoms. The molecule has 0 saturated heterocycles. The standard InChI is InChI=1S/C7H10N3/c1-3-5-9-6-8-10(4-2)7-9/h3-4,6-7H,1-2,5H2/q+1. The normalized spacial score (nSPS) is 9.20. The third kappa shape index (κ3) is 1.31. The number of rotatable bonds is 3. The zero-order chi connectivity index (χ0) is 7.40. The molecular formula is C7H10N3+. The van der Waals surface area contributed by atoms with Crippen molar-refractivity contribution in [3.8, 4) is 0 Å². The zero-order valence-electron chi connectivity index (χ0n) is 5.77. The summed E-state index contributed by atoms with van der Waals surface area (Å²) in [6.45, 7) is 7.96. The third-order valence-electron chi connectivity index (χ3n) is 1.13. The second-order valence-electron chi connectivity index (χ2n) is 1.89. The maximum Gasteiger partial charge on any atom is 0.265 e. The van der Waals surface area contributed by atoms with Crippen LogP contribution in [-0.4, -0.2) is 9.78 Å². The van der Waals surface area contributed by atoms with E-state index in [1.54, 1.807) is 17.2 Å². The van der Waals surface area contributed by atoms with E-state index in [2.05, 4.69) is 18.3 Å². The van der Waals surface area contributed by atoms with Gasteiger partial charge in [0.05, 0.1) is 12.7 Å². The first-order valence-corrected chi connectivity index (χ1v) is 3.03. The maximum absolute atomic E-state index is 3.97. The highest BCUT2D eigenvalue weighted by Crippen LogP contribution is 1.76. The molecule has 0 aliphatic heterocycles. The van der Waals surface area contributed by atoms with E-state index in [9.17, 15) is 0 Å². The van der Waals surface area contributed by atoms with Crippen LogP contribution in [0.3, 0.4) is 0 Å². The molecule has 0 aliphatic carbocycles. The van der Waals surface area contributed by atoms with E-state index in [1.807, 2.05) is 17.0 Å². The number of aromatic nitrogens is 3. The van der Waals surface area contributed by atoms with Crippen LogP contribution >= 0.6 is 0 Å². The Balaban J connectivity index is 2.77. The second-order valence-corrected chi connectivity index (χ2v) is 1.89. The van der Waals surface area contributed by atoms with Gasteiger partial charge >= 0.3 is 0 Å². The van der Waals surface area contributed by atoms with Crippen LogP contribution < -0.4 is 4.57 Å². The Hall–Kier alpha value is -1.38. The molecule has 0 atom stereocenters. The SMILES string of the molecule is C=CC[n+]1cnn(C=C)c1. The molecule has 1 rings (SSSR count). The largest absolute Gasteiger partial charge is 0.265 e. The highest BCUT2D eigenvalue weighted by molar-refractivity contribution is 5.09. The molecule has 0 radical (unpaired) electrons. The number of nitrogens with zero attached hydrogens (tertiary/aromatic N) is 3. The van der Waals surface area contributed by atoms with Gasteiger partial charge in [-0.2, -0.15) is 0 Å². The van der Waals surface area contributed by atoms with Crippen molar-refractivity contribution in [1.82, 2.24) is 9.78 Å². The molecule has 1 heterocycles. The van der Waals surface area contributed by atoms with Gasteiger partial charge in [-0.25, -0.2) is 4.57 Å². The van der Waals surface area contributed by atoms with Crippen molar-refractivity contribution < 1.29 is 4.57 Å². The summed E-state index contributed by atoms with van der Waals surface area (Å²) in [5.74, 6) is 0. The molecule has 1 aromatic heterocycles. The van der Waals surface area contributed by atoms with Gasteiger partial charge in [-0.1, -0.05) is 23.9 Å². The molecule has 0 aliphatic rings. The summed E-state index contributed by atoms with van der Waals surface area (Å²) in [5.41, 5.74) is 0. The van der Waals surface area contributed by atoms with Gasteiger partial charge in [0.1, 0.15) is 0 Å². The Morgan fingerprint density at radius 3 is 2.90 bits per heavy atom. The van der Waals surface area contributed by atoms with Gasteiger partial charge in [-0.05, 0) is 0 Å². The molecule has 0 saturated carbocycles. The van der Waals surface area contributed by atoms with Gasteiger partial charge in [0, 0.05) is 5.10 Å². The number of allylic oxidation sites excluding steroid dienone is 1. The fourth-order valence-electron chi connectivity index (χ4n) is 0.675. The van der Waals surface area contributed by atoms with Crippen molar-refractivity contribution >= 4 is 6.20 Å². The molecule has 0 bridgehead atoms. The van der Waals surface area contributed by atoms with Gasteiger partial charge < -0.3 is 0 Å². The van der Waals surface area contributed by atoms with Gasteiger partial charge in [0.15, 0.2) is 0 Å². The Kier molecular flexibility index (Phi) is 1.99. The molecule has 52 valence electrons. The molecule has 1 aromatic rings. The van der Waals surface area contributed by atoms with Crippen LogP contribution in [0.1, 0.15) is 0 Å². The summed E-state index contributed by atoms with van der Waals surface area (Å²) < 4.78 is 3.55. The van der Waals surface area contributed by atoms with Crippen LogP contribution in [0.25, 0.3) is 6.20 Å². The van der Waals surface area contributed by atoms with Crippen LogP contribution in [0, 0.1) is 0 Å². The van der Waals surface area contributed by atoms with E-state index in [0.717, 1.165) is 6.54 Å². The molecule has 3 nitrogen and oxygen atoms in total. The van der Waals surface area contributed by atoms with E-state index in [1.165, 1.54) is 0 Å². The molecule has 0 N–H and O–H groups in total. The van der Waals surface area contributed by atoms with Crippen molar-refractivity contribution in [3.63, 3.8) is 0 Å². The molecule has 0 aromatic carbocycles. The van der Waals surface area contributed by atoms with Gasteiger partial charge in [-0.3, -0.25) is 0 Å². The lowest BCUT2D eigenvalue weighted by molar-refractivity contribution is -0.687. The average Bonchev–Trinajstić information content (AvgIpc) is 2.37. The topological polar surface area (TPSA) is 21.7 Å². The predicted molar refractivity (Wildman–Crippen MR) is 39.0 cm³/mol. The van der Waals surface area contributed by atoms with Crippen molar-refractivity contribution in [2.24, 2.45) is 0 Å². The monoisotopic (exact) mass is 136 g/mol.